The molecule has 3 heterocycles. The number of aliphatic hydroxyl groups excluding tert-OH is 3. The minimum Gasteiger partial charge on any atom is -0.445 e. The van der Waals surface area contributed by atoms with Crippen molar-refractivity contribution in [3.8, 4) is 0 Å². The van der Waals surface area contributed by atoms with Crippen molar-refractivity contribution in [1.82, 2.24) is 35.6 Å². The topological polar surface area (TPSA) is 448 Å². The van der Waals surface area contributed by atoms with Crippen LogP contribution in [0.4, 0.5) is 40.7 Å². The number of halogens is 6. The lowest BCUT2D eigenvalue weighted by molar-refractivity contribution is -0.135. The average Bonchev–Trinajstić information content (AvgIpc) is 1.19. The highest BCUT2D eigenvalue weighted by Gasteiger charge is 2.42. The Morgan fingerprint density at radius 1 is 0.392 bits per heavy atom. The van der Waals surface area contributed by atoms with E-state index in [-0.39, 0.29) is 95.0 Å². The molecule has 9 rings (SSSR count). The van der Waals surface area contributed by atoms with E-state index < -0.39 is 200 Å². The summed E-state index contributed by atoms with van der Waals surface area (Å²) in [6, 6.07) is 26.9. The highest BCUT2D eigenvalue weighted by Crippen LogP contribution is 2.27. The van der Waals surface area contributed by atoms with Crippen LogP contribution in [0.5, 0.6) is 0 Å². The number of carbonyl (C=O) groups excluding carboxylic acids is 6. The zero-order valence-electron chi connectivity index (χ0n) is 83.4. The molecule has 30 nitrogen and oxygen atoms in total. The fourth-order valence-corrected chi connectivity index (χ4v) is 23.6. The minimum atomic E-state index is -3.90. The number of sulfone groups is 3. The van der Waals surface area contributed by atoms with Gasteiger partial charge in [0, 0.05) is 106 Å². The van der Waals surface area contributed by atoms with Gasteiger partial charge in [0.1, 0.15) is 71.8 Å². The smallest absolute Gasteiger partial charge is 0.408 e. The number of carbonyl (C=O) groups is 6. The number of nitrogens with zero attached hydrogens (tertiary/aromatic N) is 4. The van der Waals surface area contributed by atoms with Gasteiger partial charge in [0.2, 0.25) is 17.7 Å². The zero-order valence-corrected chi connectivity index (χ0v) is 85.8. The SMILES string of the molecule is CCCC(CCC)S(=O)(=O)CC(NC(=O)OCc1cccnc1)C(=O)N(Cc1cccc(CC)c1)C[C@@H](O)[C@@H](N)Cc1cc(F)cc(F)c1.CCCC(CCC)S(=O)(=O)CC(NC(=O)O[C@@H]1CCOC1)C(=O)N(Cc1cccc(CC)c1)C[C@@H](O)[C@@H](N)Cc1cc(F)cc(F)c1.CCCC(CCC)S(=O)(=O)CC(NC(=O)O[C@H]1CCOC1)C(=O)N(Cc1cccc(CC)c1)C[C@@H](O)[C@@H](N)Cc1cc(F)cc(F)c1. The van der Waals surface area contributed by atoms with E-state index in [1.54, 1.807) is 36.5 Å². The molecule has 2 fully saturated rings. The van der Waals surface area contributed by atoms with E-state index in [4.69, 9.17) is 40.9 Å². The Kier molecular flexibility index (Phi) is 50.8. The fourth-order valence-electron chi connectivity index (χ4n) is 17.1. The van der Waals surface area contributed by atoms with Crippen LogP contribution >= 0.6 is 0 Å². The van der Waals surface area contributed by atoms with E-state index in [1.165, 1.54) is 20.9 Å². The molecule has 0 bridgehead atoms. The number of aliphatic hydroxyl groups is 3. The molecular formula is C104H146F6N10O20S3. The van der Waals surface area contributed by atoms with Crippen molar-refractivity contribution in [2.24, 2.45) is 17.2 Å². The molecule has 39 heteroatoms. The van der Waals surface area contributed by atoms with Gasteiger partial charge < -0.3 is 86.9 Å². The van der Waals surface area contributed by atoms with Gasteiger partial charge in [-0.05, 0) is 170 Å². The number of aromatic nitrogens is 1. The number of benzene rings is 6. The lowest BCUT2D eigenvalue weighted by Gasteiger charge is -2.32. The lowest BCUT2D eigenvalue weighted by Crippen LogP contribution is -2.55. The van der Waals surface area contributed by atoms with Crippen LogP contribution in [0.1, 0.15) is 208 Å². The molecule has 0 spiro atoms. The van der Waals surface area contributed by atoms with E-state index in [9.17, 15) is 95.7 Å². The number of pyridine rings is 1. The Morgan fingerprint density at radius 3 is 0.916 bits per heavy atom. The maximum Gasteiger partial charge on any atom is 0.408 e. The van der Waals surface area contributed by atoms with Crippen molar-refractivity contribution in [2.45, 2.75) is 299 Å². The van der Waals surface area contributed by atoms with Crippen LogP contribution in [0.2, 0.25) is 0 Å². The number of hydrogen-bond acceptors (Lipinski definition) is 24. The Labute approximate surface area is 838 Å². The van der Waals surface area contributed by atoms with Gasteiger partial charge in [-0.3, -0.25) is 19.4 Å². The Hall–Kier alpha value is -10.2. The number of aryl methyl sites for hydroxylation is 3. The monoisotopic (exact) mass is 2060 g/mol. The Balaban J connectivity index is 0.000000291. The van der Waals surface area contributed by atoms with Crippen molar-refractivity contribution >= 4 is 65.5 Å². The van der Waals surface area contributed by atoms with E-state index in [2.05, 4.69) is 20.9 Å². The first-order valence-corrected chi connectivity index (χ1v) is 54.5. The summed E-state index contributed by atoms with van der Waals surface area (Å²) in [7, 11) is -11.7. The van der Waals surface area contributed by atoms with Crippen molar-refractivity contribution in [3.63, 3.8) is 0 Å². The predicted molar refractivity (Wildman–Crippen MR) is 535 cm³/mol. The Morgan fingerprint density at radius 2 is 0.664 bits per heavy atom. The summed E-state index contributed by atoms with van der Waals surface area (Å²) in [5, 5.41) is 38.9. The highest BCUT2D eigenvalue weighted by atomic mass is 32.2. The molecule has 2 saturated heterocycles. The molecule has 1 aromatic heterocycles. The number of rotatable bonds is 55. The molecule has 3 unspecified atom stereocenters. The molecule has 12 N–H and O–H groups in total. The molecule has 792 valence electrons. The number of hydrogen-bond donors (Lipinski definition) is 9. The van der Waals surface area contributed by atoms with Gasteiger partial charge in [-0.25, -0.2) is 66.0 Å². The Bertz CT molecular complexity index is 5220. The van der Waals surface area contributed by atoms with Gasteiger partial charge in [-0.2, -0.15) is 0 Å². The number of nitrogens with two attached hydrogens (primary N) is 3. The van der Waals surface area contributed by atoms with Gasteiger partial charge >= 0.3 is 18.3 Å². The quantitative estimate of drug-likeness (QED) is 0.0126. The average molecular weight is 2070 g/mol. The maximum absolute atomic E-state index is 14.4. The predicted octanol–water partition coefficient (Wildman–Crippen LogP) is 13.0. The van der Waals surface area contributed by atoms with Crippen LogP contribution in [0.15, 0.2) is 152 Å². The number of nitrogens with one attached hydrogen (secondary N) is 3. The van der Waals surface area contributed by atoms with Crippen LogP contribution in [0, 0.1) is 34.9 Å². The summed E-state index contributed by atoms with van der Waals surface area (Å²) >= 11 is 0. The third kappa shape index (κ3) is 41.3. The van der Waals surface area contributed by atoms with Crippen LogP contribution in [0.3, 0.4) is 0 Å². The van der Waals surface area contributed by atoms with Gasteiger partial charge in [0.15, 0.2) is 29.5 Å². The van der Waals surface area contributed by atoms with E-state index in [0.717, 1.165) is 90.6 Å². The molecule has 6 amide bonds. The highest BCUT2D eigenvalue weighted by molar-refractivity contribution is 7.92. The van der Waals surface area contributed by atoms with E-state index >= 15 is 0 Å². The molecule has 143 heavy (non-hydrogen) atoms. The first-order chi connectivity index (χ1) is 68.0. The summed E-state index contributed by atoms with van der Waals surface area (Å²) in [5.74, 6) is -9.00. The van der Waals surface area contributed by atoms with Crippen molar-refractivity contribution in [2.75, 3.05) is 63.3 Å². The first-order valence-electron chi connectivity index (χ1n) is 49.4. The first kappa shape index (κ1) is 120. The van der Waals surface area contributed by atoms with E-state index in [0.29, 0.717) is 125 Å². The van der Waals surface area contributed by atoms with Crippen LogP contribution in [0.25, 0.3) is 0 Å². The van der Waals surface area contributed by atoms with Crippen molar-refractivity contribution in [3.05, 3.63) is 242 Å². The second-order valence-electron chi connectivity index (χ2n) is 36.7. The summed E-state index contributed by atoms with van der Waals surface area (Å²) in [4.78, 5) is 89.8. The third-order valence-corrected chi connectivity index (χ3v) is 31.6. The molecule has 11 atom stereocenters. The standard InChI is InChI=1S/C36H48F2N4O6S.2C34H49F2N3O7S/c1-4-9-31(10-5-2)49(46,47)24-33(41-36(45)48-23-27-13-8-14-40-20-27)35(44)42(21-26-12-7-11-25(6-3)15-26)22-34(43)32(39)18-28-16-29(37)19-30(38)17-28;2*1-4-8-29(9-5-2)47(43,44)22-31(38-34(42)46-28-12-13-45-21-28)33(41)39(19-24-11-7-10-23(6-3)14-24)20-32(40)30(37)17-25-15-26(35)18-27(36)16-25/h7-8,11-17,19-20,31-34,43H,4-6,9-10,18,21-24,39H2,1-3H3,(H,41,45);2*7,10-11,14-16,18,28-32,40H,4-6,8-9,12-13,17,19-22,37H2,1-3H3,(H,38,42)/t32-,33?,34+;28-,30+,31?,32-;28-,30-,31?,32+/m010/s1. The van der Waals surface area contributed by atoms with Crippen molar-refractivity contribution < 1.29 is 119 Å². The van der Waals surface area contributed by atoms with E-state index in [1.807, 2.05) is 117 Å². The summed E-state index contributed by atoms with van der Waals surface area (Å²) in [6.45, 7) is 17.1. The second kappa shape index (κ2) is 60.7. The van der Waals surface area contributed by atoms with Gasteiger partial charge in [-0.15, -0.1) is 0 Å². The normalized spacial score (nSPS) is 15.7. The number of ether oxygens (including phenoxy) is 5. The summed E-state index contributed by atoms with van der Waals surface area (Å²) < 4.78 is 192. The van der Waals surface area contributed by atoms with Crippen LogP contribution in [-0.2, 0) is 132 Å². The lowest BCUT2D eigenvalue weighted by atomic mass is 10.0. The van der Waals surface area contributed by atoms with Crippen molar-refractivity contribution in [1.29, 1.82) is 0 Å². The second-order valence-corrected chi connectivity index (χ2v) is 43.7. The van der Waals surface area contributed by atoms with Gasteiger partial charge in [0.25, 0.3) is 0 Å². The fraction of sp³-hybridized carbons (Fsp3) is 0.548. The van der Waals surface area contributed by atoms with Crippen LogP contribution in [-0.4, -0.2) is 242 Å². The molecule has 7 aromatic rings. The molecule has 0 aliphatic carbocycles. The maximum atomic E-state index is 14.4. The van der Waals surface area contributed by atoms with Gasteiger partial charge in [-0.1, -0.05) is 180 Å². The largest absolute Gasteiger partial charge is 0.445 e. The zero-order chi connectivity index (χ0) is 105. The molecular weight excluding hydrogens is 1920 g/mol. The number of amides is 6. The number of alkyl carbamates (subject to hydrolysis) is 3. The molecule has 6 aromatic carbocycles. The molecule has 2 aliphatic heterocycles. The summed E-state index contributed by atoms with van der Waals surface area (Å²) in [5.41, 5.74) is 25.2. The van der Waals surface area contributed by atoms with Crippen LogP contribution < -0.4 is 33.2 Å². The minimum absolute atomic E-state index is 0.0257. The molecule has 2 aliphatic rings. The third-order valence-electron chi connectivity index (χ3n) is 24.7. The summed E-state index contributed by atoms with van der Waals surface area (Å²) in [6.07, 6.45) is 3.96. The van der Waals surface area contributed by atoms with Gasteiger partial charge in [0.05, 0.1) is 77.7 Å². The molecule has 0 radical (unpaired) electrons. The molecule has 0 saturated carbocycles.